The van der Waals surface area contributed by atoms with Gasteiger partial charge in [-0.25, -0.2) is 0 Å². The highest BCUT2D eigenvalue weighted by atomic mass is 35.5. The quantitative estimate of drug-likeness (QED) is 0.840. The molecular formula is C20H21ClN2O2. The Morgan fingerprint density at radius 2 is 1.84 bits per heavy atom. The number of carbonyl (C=O) groups excluding carboxylic acids is 1. The maximum atomic E-state index is 11.9. The Morgan fingerprint density at radius 1 is 1.16 bits per heavy atom. The van der Waals surface area contributed by atoms with Crippen LogP contribution in [0.25, 0.3) is 5.57 Å². The summed E-state index contributed by atoms with van der Waals surface area (Å²) in [6.07, 6.45) is 7.08. The predicted octanol–water partition coefficient (Wildman–Crippen LogP) is 4.61. The molecule has 1 aliphatic carbocycles. The van der Waals surface area contributed by atoms with Crippen LogP contribution in [0.3, 0.4) is 0 Å². The molecule has 1 fully saturated rings. The Balaban J connectivity index is 1.99. The third-order valence-corrected chi connectivity index (χ3v) is 4.77. The molecule has 1 aliphatic rings. The number of H-pyrrole nitrogens is 1. The van der Waals surface area contributed by atoms with Gasteiger partial charge < -0.3 is 10.3 Å². The van der Waals surface area contributed by atoms with Crippen LogP contribution in [0.15, 0.2) is 47.3 Å². The van der Waals surface area contributed by atoms with Crippen molar-refractivity contribution in [3.8, 4) is 0 Å². The van der Waals surface area contributed by atoms with Gasteiger partial charge in [0, 0.05) is 23.9 Å². The molecule has 25 heavy (non-hydrogen) atoms. The number of amides is 1. The van der Waals surface area contributed by atoms with E-state index in [2.05, 4.69) is 16.4 Å². The minimum atomic E-state index is -0.286. The second-order valence-corrected chi connectivity index (χ2v) is 6.84. The van der Waals surface area contributed by atoms with Gasteiger partial charge in [-0.2, -0.15) is 0 Å². The minimum absolute atomic E-state index is 0.100. The molecule has 130 valence electrons. The number of aromatic nitrogens is 1. The van der Waals surface area contributed by atoms with Gasteiger partial charge in [0.15, 0.2) is 0 Å². The number of allylic oxidation sites excluding steroid dienone is 1. The molecule has 0 radical (unpaired) electrons. The van der Waals surface area contributed by atoms with E-state index < -0.39 is 0 Å². The molecule has 1 amide bonds. The summed E-state index contributed by atoms with van der Waals surface area (Å²) in [5.74, 6) is 0.417. The fourth-order valence-corrected chi connectivity index (χ4v) is 3.36. The van der Waals surface area contributed by atoms with Crippen molar-refractivity contribution in [2.24, 2.45) is 5.92 Å². The maximum Gasteiger partial charge on any atom is 0.267 e. The Labute approximate surface area is 151 Å². The second-order valence-electron chi connectivity index (χ2n) is 6.43. The summed E-state index contributed by atoms with van der Waals surface area (Å²) in [6, 6.07) is 11.1. The first-order chi connectivity index (χ1) is 12.0. The summed E-state index contributed by atoms with van der Waals surface area (Å²) in [7, 11) is 0. The average molecular weight is 357 g/mol. The summed E-state index contributed by atoms with van der Waals surface area (Å²) in [5, 5.41) is 2.95. The lowest BCUT2D eigenvalue weighted by Gasteiger charge is -2.13. The Morgan fingerprint density at radius 3 is 2.44 bits per heavy atom. The molecule has 4 nitrogen and oxygen atoms in total. The van der Waals surface area contributed by atoms with Crippen LogP contribution in [-0.2, 0) is 4.79 Å². The van der Waals surface area contributed by atoms with Crippen LogP contribution in [0, 0.1) is 5.92 Å². The first-order valence-electron chi connectivity index (χ1n) is 8.52. The van der Waals surface area contributed by atoms with Gasteiger partial charge in [0.2, 0.25) is 5.91 Å². The second kappa shape index (κ2) is 7.70. The van der Waals surface area contributed by atoms with E-state index in [4.69, 9.17) is 11.6 Å². The number of hydrogen-bond donors (Lipinski definition) is 2. The largest absolute Gasteiger partial charge is 0.326 e. The summed E-state index contributed by atoms with van der Waals surface area (Å²) in [5.41, 5.74) is 3.22. The number of nitrogens with one attached hydrogen (secondary N) is 2. The predicted molar refractivity (Wildman–Crippen MR) is 102 cm³/mol. The van der Waals surface area contributed by atoms with Gasteiger partial charge in [0.1, 0.15) is 5.02 Å². The molecule has 1 heterocycles. The van der Waals surface area contributed by atoms with Gasteiger partial charge in [-0.3, -0.25) is 9.59 Å². The molecule has 1 saturated carbocycles. The van der Waals surface area contributed by atoms with Gasteiger partial charge in [-0.05, 0) is 48.6 Å². The van der Waals surface area contributed by atoms with Crippen molar-refractivity contribution in [1.82, 2.24) is 4.98 Å². The SMILES string of the molecule is CC(=O)Nc1ccc(C(=CC2CCCC2)c2ccc(Cl)c(=O)[nH]2)cc1. The fourth-order valence-electron chi connectivity index (χ4n) is 3.25. The van der Waals surface area contributed by atoms with Gasteiger partial charge in [0.05, 0.1) is 0 Å². The van der Waals surface area contributed by atoms with E-state index in [9.17, 15) is 9.59 Å². The van der Waals surface area contributed by atoms with Crippen LogP contribution in [0.2, 0.25) is 5.02 Å². The van der Waals surface area contributed by atoms with Gasteiger partial charge in [0.25, 0.3) is 5.56 Å². The summed E-state index contributed by atoms with van der Waals surface area (Å²) < 4.78 is 0. The van der Waals surface area contributed by atoms with Crippen molar-refractivity contribution in [2.75, 3.05) is 5.32 Å². The van der Waals surface area contributed by atoms with E-state index in [1.807, 2.05) is 30.3 Å². The summed E-state index contributed by atoms with van der Waals surface area (Å²) >= 11 is 5.87. The van der Waals surface area contributed by atoms with E-state index in [0.29, 0.717) is 5.92 Å². The number of rotatable bonds is 4. The van der Waals surface area contributed by atoms with Crippen molar-refractivity contribution in [1.29, 1.82) is 0 Å². The van der Waals surface area contributed by atoms with Crippen molar-refractivity contribution >= 4 is 28.8 Å². The summed E-state index contributed by atoms with van der Waals surface area (Å²) in [6.45, 7) is 1.48. The Kier molecular flexibility index (Phi) is 5.39. The number of halogens is 1. The van der Waals surface area contributed by atoms with Crippen molar-refractivity contribution in [3.63, 3.8) is 0 Å². The molecule has 0 unspecified atom stereocenters. The third-order valence-electron chi connectivity index (χ3n) is 4.47. The molecule has 5 heteroatoms. The number of anilines is 1. The standard InChI is InChI=1S/C20H21ClN2O2/c1-13(24)22-16-8-6-15(7-9-16)17(12-14-4-2-3-5-14)19-11-10-18(21)20(25)23-19/h6-12,14H,2-5H2,1H3,(H,22,24)(H,23,25). The lowest BCUT2D eigenvalue weighted by atomic mass is 9.96. The van der Waals surface area contributed by atoms with Crippen molar-refractivity contribution in [3.05, 3.63) is 69.1 Å². The fraction of sp³-hybridized carbons (Fsp3) is 0.300. The van der Waals surface area contributed by atoms with Gasteiger partial charge in [-0.1, -0.05) is 42.7 Å². The molecule has 0 saturated heterocycles. The van der Waals surface area contributed by atoms with E-state index >= 15 is 0 Å². The molecule has 0 atom stereocenters. The van der Waals surface area contributed by atoms with Gasteiger partial charge >= 0.3 is 0 Å². The monoisotopic (exact) mass is 356 g/mol. The molecule has 0 aliphatic heterocycles. The van der Waals surface area contributed by atoms with Crippen LogP contribution >= 0.6 is 11.6 Å². The third kappa shape index (κ3) is 4.40. The molecule has 2 N–H and O–H groups in total. The summed E-state index contributed by atoms with van der Waals surface area (Å²) in [4.78, 5) is 26.0. The number of aromatic amines is 1. The number of carbonyl (C=O) groups is 1. The average Bonchev–Trinajstić information content (AvgIpc) is 3.09. The highest BCUT2D eigenvalue weighted by molar-refractivity contribution is 6.30. The number of pyridine rings is 1. The lowest BCUT2D eigenvalue weighted by Crippen LogP contribution is -2.09. The van der Waals surface area contributed by atoms with E-state index in [-0.39, 0.29) is 16.5 Å². The van der Waals surface area contributed by atoms with Crippen LogP contribution in [0.1, 0.15) is 43.9 Å². The van der Waals surface area contributed by atoms with Crippen LogP contribution < -0.4 is 10.9 Å². The topological polar surface area (TPSA) is 62.0 Å². The molecule has 0 bridgehead atoms. The molecule has 2 aromatic rings. The molecular weight excluding hydrogens is 336 g/mol. The highest BCUT2D eigenvalue weighted by Crippen LogP contribution is 2.32. The van der Waals surface area contributed by atoms with Crippen molar-refractivity contribution in [2.45, 2.75) is 32.6 Å². The van der Waals surface area contributed by atoms with E-state index in [1.54, 1.807) is 6.07 Å². The maximum absolute atomic E-state index is 11.9. The Bertz CT molecular complexity index is 847. The van der Waals surface area contributed by atoms with Crippen LogP contribution in [0.5, 0.6) is 0 Å². The van der Waals surface area contributed by atoms with Crippen LogP contribution in [0.4, 0.5) is 5.69 Å². The zero-order chi connectivity index (χ0) is 17.8. The Hall–Kier alpha value is -2.33. The van der Waals surface area contributed by atoms with E-state index in [0.717, 1.165) is 22.5 Å². The first kappa shape index (κ1) is 17.5. The minimum Gasteiger partial charge on any atom is -0.326 e. The molecule has 3 rings (SSSR count). The molecule has 0 spiro atoms. The first-order valence-corrected chi connectivity index (χ1v) is 8.90. The zero-order valence-corrected chi connectivity index (χ0v) is 14.9. The van der Waals surface area contributed by atoms with Crippen molar-refractivity contribution < 1.29 is 4.79 Å². The zero-order valence-electron chi connectivity index (χ0n) is 14.1. The van der Waals surface area contributed by atoms with E-state index in [1.165, 1.54) is 32.6 Å². The highest BCUT2D eigenvalue weighted by Gasteiger charge is 2.16. The molecule has 1 aromatic carbocycles. The number of benzene rings is 1. The number of hydrogen-bond acceptors (Lipinski definition) is 2. The normalized spacial score (nSPS) is 15.4. The van der Waals surface area contributed by atoms with Crippen LogP contribution in [-0.4, -0.2) is 10.9 Å². The lowest BCUT2D eigenvalue weighted by molar-refractivity contribution is -0.114. The van der Waals surface area contributed by atoms with Gasteiger partial charge in [-0.15, -0.1) is 0 Å². The smallest absolute Gasteiger partial charge is 0.267 e. The molecule has 1 aromatic heterocycles.